The van der Waals surface area contributed by atoms with E-state index in [0.29, 0.717) is 0 Å². The van der Waals surface area contributed by atoms with Gasteiger partial charge in [-0.2, -0.15) is 0 Å². The number of benzene rings is 1. The summed E-state index contributed by atoms with van der Waals surface area (Å²) in [5.74, 6) is 6.81. The van der Waals surface area contributed by atoms with Crippen molar-refractivity contribution >= 4 is 0 Å². The molecule has 1 aromatic rings. The lowest BCUT2D eigenvalue weighted by molar-refractivity contribution is 0.0269. The normalized spacial score (nSPS) is 17.5. The fraction of sp³-hybridized carbons (Fsp3) is 0.529. The number of hydrogen-bond acceptors (Lipinski definition) is 2. The zero-order valence-corrected chi connectivity index (χ0v) is 11.8. The van der Waals surface area contributed by atoms with Crippen LogP contribution in [0.15, 0.2) is 30.3 Å². The number of rotatable bonds is 4. The highest BCUT2D eigenvalue weighted by Gasteiger charge is 2.20. The molecule has 0 aromatic heterocycles. The first-order valence-electron chi connectivity index (χ1n) is 7.27. The molecule has 0 saturated carbocycles. The molecule has 0 amide bonds. The summed E-state index contributed by atoms with van der Waals surface area (Å²) in [6.45, 7) is 5.79. The second kappa shape index (κ2) is 7.99. The summed E-state index contributed by atoms with van der Waals surface area (Å²) in [7, 11) is 0. The van der Waals surface area contributed by atoms with Crippen LogP contribution >= 0.6 is 0 Å². The molecule has 0 spiro atoms. The zero-order valence-electron chi connectivity index (χ0n) is 11.8. The lowest BCUT2D eigenvalue weighted by Gasteiger charge is -2.31. The van der Waals surface area contributed by atoms with Gasteiger partial charge >= 0.3 is 0 Å². The highest BCUT2D eigenvalue weighted by Crippen LogP contribution is 2.20. The van der Waals surface area contributed by atoms with E-state index in [1.54, 1.807) is 0 Å². The quantitative estimate of drug-likeness (QED) is 0.606. The third-order valence-electron chi connectivity index (χ3n) is 3.42. The molecule has 1 fully saturated rings. The van der Waals surface area contributed by atoms with E-state index in [9.17, 15) is 0 Å². The highest BCUT2D eigenvalue weighted by atomic mass is 16.5. The van der Waals surface area contributed by atoms with Crippen molar-refractivity contribution in [3.63, 3.8) is 0 Å². The molecule has 0 N–H and O–H groups in total. The molecule has 1 unspecified atom stereocenters. The Balaban J connectivity index is 2.09. The van der Waals surface area contributed by atoms with Crippen LogP contribution < -0.4 is 0 Å². The Hall–Kier alpha value is -1.30. The molecular formula is C17H23NO. The average Bonchev–Trinajstić information content (AvgIpc) is 2.49. The summed E-state index contributed by atoms with van der Waals surface area (Å²) >= 11 is 0. The summed E-state index contributed by atoms with van der Waals surface area (Å²) in [6.07, 6.45) is 3.41. The molecule has 1 aromatic carbocycles. The number of hydrogen-bond donors (Lipinski definition) is 0. The van der Waals surface area contributed by atoms with Crippen molar-refractivity contribution in [2.24, 2.45) is 0 Å². The van der Waals surface area contributed by atoms with Gasteiger partial charge in [-0.3, -0.25) is 4.90 Å². The Labute approximate surface area is 116 Å². The number of ether oxygens (including phenoxy) is 1. The van der Waals surface area contributed by atoms with Crippen molar-refractivity contribution in [2.45, 2.75) is 32.2 Å². The van der Waals surface area contributed by atoms with Gasteiger partial charge in [-0.05, 0) is 12.0 Å². The van der Waals surface area contributed by atoms with Gasteiger partial charge in [0.25, 0.3) is 0 Å². The minimum absolute atomic E-state index is 0.224. The maximum absolute atomic E-state index is 5.44. The smallest absolute Gasteiger partial charge is 0.0972 e. The molecule has 1 aliphatic rings. The van der Waals surface area contributed by atoms with E-state index in [2.05, 4.69) is 54.0 Å². The maximum atomic E-state index is 5.44. The molecule has 2 rings (SSSR count). The second-order valence-corrected chi connectivity index (χ2v) is 4.89. The largest absolute Gasteiger partial charge is 0.379 e. The van der Waals surface area contributed by atoms with Crippen LogP contribution in [0, 0.1) is 11.8 Å². The predicted molar refractivity (Wildman–Crippen MR) is 78.9 cm³/mol. The molecule has 0 radical (unpaired) electrons. The maximum Gasteiger partial charge on any atom is 0.0972 e. The van der Waals surface area contributed by atoms with Crippen LogP contribution in [0.4, 0.5) is 0 Å². The van der Waals surface area contributed by atoms with Gasteiger partial charge < -0.3 is 4.74 Å². The first-order chi connectivity index (χ1) is 9.42. The van der Waals surface area contributed by atoms with Crippen LogP contribution in [0.5, 0.6) is 0 Å². The van der Waals surface area contributed by atoms with Crippen molar-refractivity contribution in [3.8, 4) is 11.8 Å². The Kier molecular flexibility index (Phi) is 5.94. The minimum atomic E-state index is 0.224. The van der Waals surface area contributed by atoms with E-state index in [0.717, 1.165) is 32.7 Å². The Morgan fingerprint density at radius 1 is 1.21 bits per heavy atom. The van der Waals surface area contributed by atoms with Crippen molar-refractivity contribution in [1.29, 1.82) is 0 Å². The van der Waals surface area contributed by atoms with E-state index in [1.807, 2.05) is 0 Å². The summed E-state index contributed by atoms with van der Waals surface area (Å²) in [4.78, 5) is 2.43. The van der Waals surface area contributed by atoms with Gasteiger partial charge in [-0.25, -0.2) is 0 Å². The third kappa shape index (κ3) is 4.38. The Morgan fingerprint density at radius 2 is 1.95 bits per heavy atom. The summed E-state index contributed by atoms with van der Waals surface area (Å²) < 4.78 is 5.44. The summed E-state index contributed by atoms with van der Waals surface area (Å²) in [6, 6.07) is 10.8. The first kappa shape index (κ1) is 14.1. The predicted octanol–water partition coefficient (Wildman–Crippen LogP) is 3.25. The minimum Gasteiger partial charge on any atom is -0.379 e. The molecule has 102 valence electrons. The highest BCUT2D eigenvalue weighted by molar-refractivity contribution is 5.27. The van der Waals surface area contributed by atoms with Gasteiger partial charge in [0.2, 0.25) is 0 Å². The van der Waals surface area contributed by atoms with Crippen LogP contribution in [-0.4, -0.2) is 31.2 Å². The standard InChI is InChI=1S/C17H23NO/c1-2-3-4-8-11-17(16-9-6-5-7-10-16)18-12-14-19-15-13-18/h5-7,9-10,17H,2-4,12-15H2,1H3. The Morgan fingerprint density at radius 3 is 2.63 bits per heavy atom. The number of morpholine rings is 1. The number of unbranched alkanes of at least 4 members (excludes halogenated alkanes) is 2. The monoisotopic (exact) mass is 257 g/mol. The van der Waals surface area contributed by atoms with Crippen molar-refractivity contribution in [1.82, 2.24) is 4.90 Å². The van der Waals surface area contributed by atoms with Crippen LogP contribution in [0.1, 0.15) is 37.8 Å². The summed E-state index contributed by atoms with van der Waals surface area (Å²) in [5, 5.41) is 0. The van der Waals surface area contributed by atoms with E-state index < -0.39 is 0 Å². The van der Waals surface area contributed by atoms with E-state index in [-0.39, 0.29) is 6.04 Å². The third-order valence-corrected chi connectivity index (χ3v) is 3.42. The van der Waals surface area contributed by atoms with Crippen molar-refractivity contribution in [2.75, 3.05) is 26.3 Å². The van der Waals surface area contributed by atoms with Gasteiger partial charge in [0.05, 0.1) is 19.3 Å². The van der Waals surface area contributed by atoms with Crippen LogP contribution in [0.25, 0.3) is 0 Å². The van der Waals surface area contributed by atoms with Gasteiger partial charge in [0.15, 0.2) is 0 Å². The van der Waals surface area contributed by atoms with E-state index >= 15 is 0 Å². The fourth-order valence-corrected chi connectivity index (χ4v) is 2.29. The Bertz CT molecular complexity index is 412. The molecule has 1 aliphatic heterocycles. The van der Waals surface area contributed by atoms with E-state index in [1.165, 1.54) is 18.4 Å². The molecule has 2 heteroatoms. The van der Waals surface area contributed by atoms with Crippen LogP contribution in [-0.2, 0) is 4.74 Å². The molecule has 1 atom stereocenters. The van der Waals surface area contributed by atoms with E-state index in [4.69, 9.17) is 4.74 Å². The SMILES string of the molecule is CCCCC#CC(c1ccccc1)N1CCOCC1. The first-order valence-corrected chi connectivity index (χ1v) is 7.27. The molecule has 1 saturated heterocycles. The molecule has 2 nitrogen and oxygen atoms in total. The van der Waals surface area contributed by atoms with Crippen molar-refractivity contribution < 1.29 is 4.74 Å². The van der Waals surface area contributed by atoms with Crippen LogP contribution in [0.2, 0.25) is 0 Å². The van der Waals surface area contributed by atoms with Gasteiger partial charge in [0.1, 0.15) is 0 Å². The van der Waals surface area contributed by atoms with Gasteiger partial charge in [-0.15, -0.1) is 5.92 Å². The molecule has 0 aliphatic carbocycles. The molecule has 19 heavy (non-hydrogen) atoms. The summed E-state index contributed by atoms with van der Waals surface area (Å²) in [5.41, 5.74) is 1.30. The molecule has 1 heterocycles. The fourth-order valence-electron chi connectivity index (χ4n) is 2.29. The number of nitrogens with zero attached hydrogens (tertiary/aromatic N) is 1. The van der Waals surface area contributed by atoms with Gasteiger partial charge in [-0.1, -0.05) is 49.6 Å². The lowest BCUT2D eigenvalue weighted by atomic mass is 10.0. The zero-order chi connectivity index (χ0) is 13.3. The van der Waals surface area contributed by atoms with Crippen LogP contribution in [0.3, 0.4) is 0 Å². The second-order valence-electron chi connectivity index (χ2n) is 4.89. The lowest BCUT2D eigenvalue weighted by Crippen LogP contribution is -2.38. The van der Waals surface area contributed by atoms with Gasteiger partial charge in [0, 0.05) is 19.5 Å². The van der Waals surface area contributed by atoms with Crippen molar-refractivity contribution in [3.05, 3.63) is 35.9 Å². The topological polar surface area (TPSA) is 12.5 Å². The molecular weight excluding hydrogens is 234 g/mol. The average molecular weight is 257 g/mol. The molecule has 0 bridgehead atoms.